The number of carbonyl (C=O) groups excluding carboxylic acids is 1. The highest BCUT2D eigenvalue weighted by Crippen LogP contribution is 2.33. The molecule has 2 N–H and O–H groups in total. The van der Waals surface area contributed by atoms with E-state index in [1.165, 1.54) is 16.7 Å². The summed E-state index contributed by atoms with van der Waals surface area (Å²) in [5.74, 6) is -0.119. The zero-order valence-electron chi connectivity index (χ0n) is 10.1. The van der Waals surface area contributed by atoms with E-state index in [2.05, 4.69) is 0 Å². The molecule has 0 spiro atoms. The average Bonchev–Trinajstić information content (AvgIpc) is 2.62. The summed E-state index contributed by atoms with van der Waals surface area (Å²) in [6, 6.07) is 5.19. The first-order valence-electron chi connectivity index (χ1n) is 5.43. The molecule has 1 saturated heterocycles. The zero-order valence-corrected chi connectivity index (χ0v) is 14.1. The molecular weight excluding hydrogens is 359 g/mol. The SMILES string of the molecule is Cl.NCCN1C(=O)/C(=C\c2ccc(Cl)c(Cl)c2)SC1=S. The third-order valence-corrected chi connectivity index (χ3v) is 4.58. The van der Waals surface area contributed by atoms with Crippen LogP contribution < -0.4 is 5.73 Å². The van der Waals surface area contributed by atoms with Crippen molar-refractivity contribution in [2.24, 2.45) is 5.73 Å². The zero-order chi connectivity index (χ0) is 14.0. The fourth-order valence-electron chi connectivity index (χ4n) is 1.58. The van der Waals surface area contributed by atoms with Gasteiger partial charge in [-0.05, 0) is 23.8 Å². The summed E-state index contributed by atoms with van der Waals surface area (Å²) >= 11 is 18.2. The Morgan fingerprint density at radius 1 is 1.35 bits per heavy atom. The predicted molar refractivity (Wildman–Crippen MR) is 92.6 cm³/mol. The van der Waals surface area contributed by atoms with Gasteiger partial charge < -0.3 is 5.73 Å². The molecule has 3 nitrogen and oxygen atoms in total. The van der Waals surface area contributed by atoms with E-state index in [0.29, 0.717) is 32.4 Å². The van der Waals surface area contributed by atoms with Crippen molar-refractivity contribution in [2.75, 3.05) is 13.1 Å². The summed E-state index contributed by atoms with van der Waals surface area (Å²) in [4.78, 5) is 14.2. The molecular formula is C12H11Cl3N2OS2. The fraction of sp³-hybridized carbons (Fsp3) is 0.167. The lowest BCUT2D eigenvalue weighted by Crippen LogP contribution is -2.32. The minimum atomic E-state index is -0.119. The molecule has 0 radical (unpaired) electrons. The molecule has 1 fully saturated rings. The lowest BCUT2D eigenvalue weighted by molar-refractivity contribution is -0.122. The number of halogens is 3. The third-order valence-electron chi connectivity index (χ3n) is 2.47. The van der Waals surface area contributed by atoms with E-state index in [4.69, 9.17) is 41.2 Å². The molecule has 1 aromatic rings. The summed E-state index contributed by atoms with van der Waals surface area (Å²) in [5, 5.41) is 0.933. The van der Waals surface area contributed by atoms with E-state index in [1.54, 1.807) is 24.3 Å². The highest BCUT2D eigenvalue weighted by Gasteiger charge is 2.31. The van der Waals surface area contributed by atoms with Crippen molar-refractivity contribution in [2.45, 2.75) is 0 Å². The summed E-state index contributed by atoms with van der Waals surface area (Å²) in [7, 11) is 0. The number of benzene rings is 1. The molecule has 20 heavy (non-hydrogen) atoms. The van der Waals surface area contributed by atoms with Gasteiger partial charge in [0.1, 0.15) is 4.32 Å². The number of rotatable bonds is 3. The highest BCUT2D eigenvalue weighted by molar-refractivity contribution is 8.26. The van der Waals surface area contributed by atoms with E-state index >= 15 is 0 Å². The fourth-order valence-corrected chi connectivity index (χ4v) is 3.19. The van der Waals surface area contributed by atoms with Crippen LogP contribution in [-0.2, 0) is 4.79 Å². The molecule has 1 aliphatic rings. The van der Waals surface area contributed by atoms with Gasteiger partial charge in [-0.1, -0.05) is 53.2 Å². The molecule has 0 aliphatic carbocycles. The first kappa shape index (κ1) is 17.8. The molecule has 2 rings (SSSR count). The Hall–Kier alpha value is -0.300. The van der Waals surface area contributed by atoms with E-state index in [-0.39, 0.29) is 18.3 Å². The smallest absolute Gasteiger partial charge is 0.266 e. The van der Waals surface area contributed by atoms with Gasteiger partial charge in [-0.15, -0.1) is 12.4 Å². The van der Waals surface area contributed by atoms with E-state index in [0.717, 1.165) is 5.56 Å². The number of nitrogens with zero attached hydrogens (tertiary/aromatic N) is 1. The number of thioether (sulfide) groups is 1. The number of hydrogen-bond acceptors (Lipinski definition) is 4. The number of nitrogens with two attached hydrogens (primary N) is 1. The van der Waals surface area contributed by atoms with Gasteiger partial charge in [0.25, 0.3) is 5.91 Å². The van der Waals surface area contributed by atoms with Crippen molar-refractivity contribution in [3.8, 4) is 0 Å². The summed E-state index contributed by atoms with van der Waals surface area (Å²) in [6.07, 6.45) is 1.75. The Morgan fingerprint density at radius 2 is 2.05 bits per heavy atom. The van der Waals surface area contributed by atoms with Gasteiger partial charge in [0.05, 0.1) is 15.0 Å². The minimum absolute atomic E-state index is 0. The molecule has 0 aromatic heterocycles. The summed E-state index contributed by atoms with van der Waals surface area (Å²) < 4.78 is 0.529. The third kappa shape index (κ3) is 3.87. The number of thiocarbonyl (C=S) groups is 1. The second kappa shape index (κ2) is 7.64. The Kier molecular flexibility index (Phi) is 6.78. The molecule has 1 heterocycles. The normalized spacial score (nSPS) is 16.8. The van der Waals surface area contributed by atoms with Crippen LogP contribution in [0.5, 0.6) is 0 Å². The van der Waals surface area contributed by atoms with Gasteiger partial charge in [-0.2, -0.15) is 0 Å². The summed E-state index contributed by atoms with van der Waals surface area (Å²) in [5.41, 5.74) is 6.26. The topological polar surface area (TPSA) is 46.3 Å². The van der Waals surface area contributed by atoms with Crippen molar-refractivity contribution in [3.05, 3.63) is 38.7 Å². The predicted octanol–water partition coefficient (Wildman–Crippen LogP) is 3.58. The van der Waals surface area contributed by atoms with Crippen molar-refractivity contribution < 1.29 is 4.79 Å². The van der Waals surface area contributed by atoms with Crippen LogP contribution in [0.15, 0.2) is 23.1 Å². The Balaban J connectivity index is 0.00000200. The maximum Gasteiger partial charge on any atom is 0.266 e. The Morgan fingerprint density at radius 3 is 2.65 bits per heavy atom. The summed E-state index contributed by atoms with van der Waals surface area (Å²) in [6.45, 7) is 0.815. The van der Waals surface area contributed by atoms with Crippen LogP contribution in [0.25, 0.3) is 6.08 Å². The maximum atomic E-state index is 12.1. The molecule has 0 bridgehead atoms. The molecule has 0 atom stereocenters. The van der Waals surface area contributed by atoms with Crippen LogP contribution in [0.4, 0.5) is 0 Å². The first-order valence-corrected chi connectivity index (χ1v) is 7.41. The van der Waals surface area contributed by atoms with Gasteiger partial charge in [0.2, 0.25) is 0 Å². The minimum Gasteiger partial charge on any atom is -0.329 e. The van der Waals surface area contributed by atoms with Gasteiger partial charge in [-0.25, -0.2) is 0 Å². The largest absolute Gasteiger partial charge is 0.329 e. The molecule has 8 heteroatoms. The number of hydrogen-bond donors (Lipinski definition) is 1. The standard InChI is InChI=1S/C12H10Cl2N2OS2.ClH/c13-8-2-1-7(5-9(8)14)6-10-11(17)16(4-3-15)12(18)19-10;/h1-2,5-6H,3-4,15H2;1H/b10-6+;. The lowest BCUT2D eigenvalue weighted by atomic mass is 10.2. The second-order valence-corrected chi connectivity index (χ2v) is 6.29. The molecule has 1 amide bonds. The maximum absolute atomic E-state index is 12.1. The number of amides is 1. The Bertz CT molecular complexity index is 578. The van der Waals surface area contributed by atoms with Gasteiger partial charge >= 0.3 is 0 Å². The van der Waals surface area contributed by atoms with Crippen LogP contribution in [0, 0.1) is 0 Å². The lowest BCUT2D eigenvalue weighted by Gasteiger charge is -2.11. The van der Waals surface area contributed by atoms with E-state index in [9.17, 15) is 4.79 Å². The quantitative estimate of drug-likeness (QED) is 0.653. The molecule has 1 aliphatic heterocycles. The van der Waals surface area contributed by atoms with Crippen LogP contribution in [0.3, 0.4) is 0 Å². The Labute approximate surface area is 142 Å². The average molecular weight is 370 g/mol. The first-order chi connectivity index (χ1) is 9.02. The van der Waals surface area contributed by atoms with Crippen LogP contribution >= 0.6 is 59.6 Å². The van der Waals surface area contributed by atoms with E-state index in [1.807, 2.05) is 0 Å². The van der Waals surface area contributed by atoms with Gasteiger partial charge in [0, 0.05) is 13.1 Å². The van der Waals surface area contributed by atoms with E-state index < -0.39 is 0 Å². The monoisotopic (exact) mass is 368 g/mol. The van der Waals surface area contributed by atoms with Crippen LogP contribution in [-0.4, -0.2) is 28.2 Å². The molecule has 108 valence electrons. The number of carbonyl (C=O) groups is 1. The van der Waals surface area contributed by atoms with Gasteiger partial charge in [-0.3, -0.25) is 9.69 Å². The van der Waals surface area contributed by atoms with Crippen molar-refractivity contribution in [1.29, 1.82) is 0 Å². The van der Waals surface area contributed by atoms with Crippen LogP contribution in [0.2, 0.25) is 10.0 Å². The molecule has 0 unspecified atom stereocenters. The molecule has 1 aromatic carbocycles. The highest BCUT2D eigenvalue weighted by atomic mass is 35.5. The van der Waals surface area contributed by atoms with Crippen LogP contribution in [0.1, 0.15) is 5.56 Å². The van der Waals surface area contributed by atoms with Gasteiger partial charge in [0.15, 0.2) is 0 Å². The molecule has 0 saturated carbocycles. The van der Waals surface area contributed by atoms with Crippen molar-refractivity contribution >= 4 is 75.9 Å². The van der Waals surface area contributed by atoms with Crippen molar-refractivity contribution in [1.82, 2.24) is 4.90 Å². The second-order valence-electron chi connectivity index (χ2n) is 3.80. The van der Waals surface area contributed by atoms with Crippen molar-refractivity contribution in [3.63, 3.8) is 0 Å².